The van der Waals surface area contributed by atoms with Crippen LogP contribution in [0.1, 0.15) is 5.56 Å². The fourth-order valence-corrected chi connectivity index (χ4v) is 1.13. The van der Waals surface area contributed by atoms with Gasteiger partial charge in [0.15, 0.2) is 0 Å². The van der Waals surface area contributed by atoms with E-state index in [1.54, 1.807) is 6.20 Å². The van der Waals surface area contributed by atoms with E-state index < -0.39 is 6.10 Å². The average molecular weight is 195 g/mol. The Labute approximate surface area is 84.2 Å². The number of rotatable bonds is 6. The maximum absolute atomic E-state index is 9.16. The highest BCUT2D eigenvalue weighted by Gasteiger charge is 1.98. The zero-order valence-electron chi connectivity index (χ0n) is 8.19. The molecule has 78 valence electrons. The van der Waals surface area contributed by atoms with Crippen molar-refractivity contribution in [3.8, 4) is 0 Å². The molecule has 0 aliphatic carbocycles. The number of aromatic nitrogens is 1. The lowest BCUT2D eigenvalue weighted by molar-refractivity contribution is 0.180. The SMILES string of the molecule is NCC(O)CNCCc1cccnc1. The quantitative estimate of drug-likeness (QED) is 0.537. The number of nitrogens with zero attached hydrogens (tertiary/aromatic N) is 1. The van der Waals surface area contributed by atoms with E-state index in [9.17, 15) is 0 Å². The number of pyridine rings is 1. The number of aliphatic hydroxyl groups excluding tert-OH is 1. The van der Waals surface area contributed by atoms with Crippen LogP contribution in [0.5, 0.6) is 0 Å². The van der Waals surface area contributed by atoms with Crippen molar-refractivity contribution in [2.75, 3.05) is 19.6 Å². The molecule has 4 N–H and O–H groups in total. The standard InChI is InChI=1S/C10H17N3O/c11-6-10(14)8-13-5-3-9-2-1-4-12-7-9/h1-2,4,7,10,13-14H,3,5-6,8,11H2. The summed E-state index contributed by atoms with van der Waals surface area (Å²) < 4.78 is 0. The lowest BCUT2D eigenvalue weighted by atomic mass is 10.2. The summed E-state index contributed by atoms with van der Waals surface area (Å²) in [6, 6.07) is 3.96. The van der Waals surface area contributed by atoms with Gasteiger partial charge >= 0.3 is 0 Å². The van der Waals surface area contributed by atoms with Crippen molar-refractivity contribution in [2.24, 2.45) is 5.73 Å². The molecule has 4 nitrogen and oxygen atoms in total. The molecule has 0 spiro atoms. The third-order valence-corrected chi connectivity index (χ3v) is 1.97. The summed E-state index contributed by atoms with van der Waals surface area (Å²) in [5.41, 5.74) is 6.46. The Bertz CT molecular complexity index is 240. The van der Waals surface area contributed by atoms with Crippen LogP contribution < -0.4 is 11.1 Å². The monoisotopic (exact) mass is 195 g/mol. The van der Waals surface area contributed by atoms with Crippen LogP contribution in [0.25, 0.3) is 0 Å². The van der Waals surface area contributed by atoms with E-state index in [4.69, 9.17) is 10.8 Å². The summed E-state index contributed by atoms with van der Waals surface area (Å²) in [5.74, 6) is 0. The molecular weight excluding hydrogens is 178 g/mol. The van der Waals surface area contributed by atoms with Gasteiger partial charge in [-0.15, -0.1) is 0 Å². The highest BCUT2D eigenvalue weighted by atomic mass is 16.3. The fraction of sp³-hybridized carbons (Fsp3) is 0.500. The Balaban J connectivity index is 2.10. The Hall–Kier alpha value is -0.970. The van der Waals surface area contributed by atoms with Crippen molar-refractivity contribution in [1.29, 1.82) is 0 Å². The van der Waals surface area contributed by atoms with Gasteiger partial charge in [-0.2, -0.15) is 0 Å². The van der Waals surface area contributed by atoms with Gasteiger partial charge in [-0.1, -0.05) is 6.07 Å². The Morgan fingerprint density at radius 3 is 3.07 bits per heavy atom. The van der Waals surface area contributed by atoms with Crippen molar-refractivity contribution in [3.63, 3.8) is 0 Å². The maximum atomic E-state index is 9.16. The van der Waals surface area contributed by atoms with Crippen LogP contribution in [0.3, 0.4) is 0 Å². The van der Waals surface area contributed by atoms with E-state index in [0.717, 1.165) is 13.0 Å². The third-order valence-electron chi connectivity index (χ3n) is 1.97. The van der Waals surface area contributed by atoms with Crippen LogP contribution in [0, 0.1) is 0 Å². The number of hydrogen-bond acceptors (Lipinski definition) is 4. The van der Waals surface area contributed by atoms with Crippen molar-refractivity contribution in [2.45, 2.75) is 12.5 Å². The van der Waals surface area contributed by atoms with E-state index >= 15 is 0 Å². The number of aliphatic hydroxyl groups is 1. The lowest BCUT2D eigenvalue weighted by Crippen LogP contribution is -2.33. The van der Waals surface area contributed by atoms with E-state index in [2.05, 4.69) is 10.3 Å². The molecule has 0 aromatic carbocycles. The van der Waals surface area contributed by atoms with Crippen LogP contribution in [0.15, 0.2) is 24.5 Å². The van der Waals surface area contributed by atoms with Crippen LogP contribution in [0.4, 0.5) is 0 Å². The molecule has 0 saturated heterocycles. The second kappa shape index (κ2) is 6.48. The first-order valence-corrected chi connectivity index (χ1v) is 4.80. The van der Waals surface area contributed by atoms with E-state index in [1.807, 2.05) is 18.3 Å². The summed E-state index contributed by atoms with van der Waals surface area (Å²) >= 11 is 0. The van der Waals surface area contributed by atoms with Gasteiger partial charge in [0.2, 0.25) is 0 Å². The van der Waals surface area contributed by atoms with Gasteiger partial charge in [0.05, 0.1) is 6.10 Å². The molecule has 0 saturated carbocycles. The molecule has 0 aliphatic heterocycles. The zero-order valence-corrected chi connectivity index (χ0v) is 8.19. The summed E-state index contributed by atoms with van der Waals surface area (Å²) in [4.78, 5) is 4.02. The van der Waals surface area contributed by atoms with Crippen LogP contribution in [-0.2, 0) is 6.42 Å². The Morgan fingerprint density at radius 2 is 2.43 bits per heavy atom. The second-order valence-corrected chi connectivity index (χ2v) is 3.20. The first-order valence-electron chi connectivity index (χ1n) is 4.80. The summed E-state index contributed by atoms with van der Waals surface area (Å²) in [6.45, 7) is 1.69. The molecule has 4 heteroatoms. The van der Waals surface area contributed by atoms with Gasteiger partial charge in [0.1, 0.15) is 0 Å². The predicted octanol–water partition coefficient (Wildman–Crippen LogP) is -0.467. The highest BCUT2D eigenvalue weighted by molar-refractivity contribution is 5.08. The largest absolute Gasteiger partial charge is 0.390 e. The minimum absolute atomic E-state index is 0.305. The molecule has 1 heterocycles. The van der Waals surface area contributed by atoms with Crippen molar-refractivity contribution in [3.05, 3.63) is 30.1 Å². The third kappa shape index (κ3) is 4.32. The molecule has 1 aromatic heterocycles. The van der Waals surface area contributed by atoms with Gasteiger partial charge in [0, 0.05) is 25.5 Å². The van der Waals surface area contributed by atoms with E-state index in [1.165, 1.54) is 5.56 Å². The Kier molecular flexibility index (Phi) is 5.14. The first kappa shape index (κ1) is 11.1. The molecule has 0 fully saturated rings. The molecule has 0 aliphatic rings. The predicted molar refractivity (Wildman–Crippen MR) is 55.9 cm³/mol. The molecule has 1 unspecified atom stereocenters. The number of nitrogens with two attached hydrogens (primary N) is 1. The van der Waals surface area contributed by atoms with Gasteiger partial charge in [-0.3, -0.25) is 4.98 Å². The topological polar surface area (TPSA) is 71.2 Å². The lowest BCUT2D eigenvalue weighted by Gasteiger charge is -2.08. The van der Waals surface area contributed by atoms with Crippen LogP contribution >= 0.6 is 0 Å². The van der Waals surface area contributed by atoms with Crippen molar-refractivity contribution < 1.29 is 5.11 Å². The average Bonchev–Trinajstić information content (AvgIpc) is 2.25. The smallest absolute Gasteiger partial charge is 0.0786 e. The molecule has 0 bridgehead atoms. The van der Waals surface area contributed by atoms with Crippen molar-refractivity contribution >= 4 is 0 Å². The summed E-state index contributed by atoms with van der Waals surface area (Å²) in [5, 5.41) is 12.3. The van der Waals surface area contributed by atoms with Gasteiger partial charge in [0.25, 0.3) is 0 Å². The van der Waals surface area contributed by atoms with E-state index in [-0.39, 0.29) is 0 Å². The summed E-state index contributed by atoms with van der Waals surface area (Å²) in [6.07, 6.45) is 4.09. The van der Waals surface area contributed by atoms with E-state index in [0.29, 0.717) is 13.1 Å². The van der Waals surface area contributed by atoms with Gasteiger partial charge < -0.3 is 16.2 Å². The van der Waals surface area contributed by atoms with Crippen LogP contribution in [-0.4, -0.2) is 35.8 Å². The van der Waals surface area contributed by atoms with Crippen LogP contribution in [0.2, 0.25) is 0 Å². The highest BCUT2D eigenvalue weighted by Crippen LogP contribution is 1.95. The fourth-order valence-electron chi connectivity index (χ4n) is 1.13. The minimum atomic E-state index is -0.441. The minimum Gasteiger partial charge on any atom is -0.390 e. The second-order valence-electron chi connectivity index (χ2n) is 3.20. The van der Waals surface area contributed by atoms with Gasteiger partial charge in [-0.25, -0.2) is 0 Å². The maximum Gasteiger partial charge on any atom is 0.0786 e. The molecule has 1 rings (SSSR count). The Morgan fingerprint density at radius 1 is 1.57 bits per heavy atom. The van der Waals surface area contributed by atoms with Gasteiger partial charge in [-0.05, 0) is 24.6 Å². The molecular formula is C10H17N3O. The molecule has 0 amide bonds. The van der Waals surface area contributed by atoms with Crippen molar-refractivity contribution in [1.82, 2.24) is 10.3 Å². The normalized spacial score (nSPS) is 12.7. The molecule has 0 radical (unpaired) electrons. The zero-order chi connectivity index (χ0) is 10.2. The number of hydrogen-bond donors (Lipinski definition) is 3. The first-order chi connectivity index (χ1) is 6.83. The number of nitrogens with one attached hydrogen (secondary N) is 1. The summed E-state index contributed by atoms with van der Waals surface area (Å²) in [7, 11) is 0. The molecule has 14 heavy (non-hydrogen) atoms. The molecule has 1 aromatic rings. The molecule has 1 atom stereocenters.